The van der Waals surface area contributed by atoms with Gasteiger partial charge in [-0.15, -0.1) is 0 Å². The molecule has 7 nitrogen and oxygen atoms in total. The van der Waals surface area contributed by atoms with Crippen molar-refractivity contribution in [3.63, 3.8) is 0 Å². The van der Waals surface area contributed by atoms with E-state index >= 15 is 0 Å². The van der Waals surface area contributed by atoms with Crippen molar-refractivity contribution < 1.29 is 27.9 Å². The molecule has 0 spiro atoms. The fourth-order valence-corrected chi connectivity index (χ4v) is 4.47. The largest absolute Gasteiger partial charge is 0.480 e. The summed E-state index contributed by atoms with van der Waals surface area (Å²) in [5, 5.41) is 19.1. The molecule has 0 radical (unpaired) electrons. The molecule has 0 saturated heterocycles. The first kappa shape index (κ1) is 21.2. The van der Waals surface area contributed by atoms with Crippen LogP contribution in [0.1, 0.15) is 66.5 Å². The number of rotatable bonds is 4. The highest BCUT2D eigenvalue weighted by molar-refractivity contribution is 6.01. The van der Waals surface area contributed by atoms with Gasteiger partial charge in [0.05, 0.1) is 12.2 Å². The summed E-state index contributed by atoms with van der Waals surface area (Å²) >= 11 is 0. The van der Waals surface area contributed by atoms with Crippen LogP contribution in [0.15, 0.2) is 36.5 Å². The molecule has 1 amide bonds. The average molecular weight is 436 g/mol. The summed E-state index contributed by atoms with van der Waals surface area (Å²) in [6.45, 7) is 0. The molecule has 2 unspecified atom stereocenters. The SMILES string of the molecule is O=C(NC1(C(=O)O)CCCCC1)c1cnn2c1NC(c1ccccc1)CC2C(F)(F)F. The van der Waals surface area contributed by atoms with Crippen molar-refractivity contribution in [1.29, 1.82) is 0 Å². The molecule has 4 rings (SSSR count). The van der Waals surface area contributed by atoms with Gasteiger partial charge in [-0.1, -0.05) is 49.6 Å². The standard InChI is InChI=1S/C21H23F3N4O3/c22-21(23,24)16-11-15(13-7-3-1-4-8-13)26-17-14(12-25-28(16)17)18(29)27-20(19(30)31)9-5-2-6-10-20/h1,3-4,7-8,12,15-16,26H,2,5-6,9-11H2,(H,27,29)(H,30,31). The molecular weight excluding hydrogens is 413 g/mol. The Morgan fingerprint density at radius 2 is 1.84 bits per heavy atom. The lowest BCUT2D eigenvalue weighted by Crippen LogP contribution is -2.55. The molecule has 1 fully saturated rings. The monoisotopic (exact) mass is 436 g/mol. The Balaban J connectivity index is 1.68. The van der Waals surface area contributed by atoms with E-state index in [-0.39, 0.29) is 30.6 Å². The van der Waals surface area contributed by atoms with Crippen LogP contribution in [0.5, 0.6) is 0 Å². The Kier molecular flexibility index (Phi) is 5.40. The van der Waals surface area contributed by atoms with Gasteiger partial charge in [0, 0.05) is 6.42 Å². The number of anilines is 1. The van der Waals surface area contributed by atoms with Crippen molar-refractivity contribution in [1.82, 2.24) is 15.1 Å². The lowest BCUT2D eigenvalue weighted by atomic mass is 9.81. The van der Waals surface area contributed by atoms with E-state index in [1.165, 1.54) is 0 Å². The zero-order valence-electron chi connectivity index (χ0n) is 16.7. The molecule has 2 heterocycles. The zero-order valence-corrected chi connectivity index (χ0v) is 16.7. The molecule has 0 bridgehead atoms. The Bertz CT molecular complexity index is 968. The first-order valence-corrected chi connectivity index (χ1v) is 10.2. The normalized spacial score (nSPS) is 22.8. The number of halogens is 3. The van der Waals surface area contributed by atoms with Crippen LogP contribution in [-0.4, -0.2) is 38.5 Å². The number of alkyl halides is 3. The molecule has 1 aliphatic carbocycles. The highest BCUT2D eigenvalue weighted by Gasteiger charge is 2.48. The number of hydrogen-bond donors (Lipinski definition) is 3. The molecule has 10 heteroatoms. The maximum absolute atomic E-state index is 13.8. The number of aromatic nitrogens is 2. The van der Waals surface area contributed by atoms with E-state index in [0.717, 1.165) is 17.3 Å². The van der Waals surface area contributed by atoms with E-state index in [1.807, 2.05) is 0 Å². The Morgan fingerprint density at radius 3 is 2.45 bits per heavy atom. The van der Waals surface area contributed by atoms with Gasteiger partial charge in [0.15, 0.2) is 6.04 Å². The quantitative estimate of drug-likeness (QED) is 0.672. The summed E-state index contributed by atoms with van der Waals surface area (Å²) in [7, 11) is 0. The summed E-state index contributed by atoms with van der Waals surface area (Å²) in [6, 6.07) is 6.10. The second-order valence-corrected chi connectivity index (χ2v) is 8.15. The average Bonchev–Trinajstić information content (AvgIpc) is 3.17. The molecule has 1 aromatic heterocycles. The van der Waals surface area contributed by atoms with Gasteiger partial charge in [0.25, 0.3) is 5.91 Å². The highest BCUT2D eigenvalue weighted by atomic mass is 19.4. The van der Waals surface area contributed by atoms with E-state index in [0.29, 0.717) is 18.4 Å². The molecule has 2 aliphatic rings. The number of hydrogen-bond acceptors (Lipinski definition) is 4. The first-order valence-electron chi connectivity index (χ1n) is 10.2. The molecule has 1 aromatic carbocycles. The number of carbonyl (C=O) groups is 2. The van der Waals surface area contributed by atoms with Gasteiger partial charge in [0.1, 0.15) is 16.9 Å². The lowest BCUT2D eigenvalue weighted by molar-refractivity contribution is -0.173. The number of aliphatic carboxylic acids is 1. The molecule has 1 saturated carbocycles. The molecule has 166 valence electrons. The number of carbonyl (C=O) groups excluding carboxylic acids is 1. The second kappa shape index (κ2) is 7.90. The van der Waals surface area contributed by atoms with Crippen molar-refractivity contribution in [2.24, 2.45) is 0 Å². The molecule has 2 aromatic rings. The van der Waals surface area contributed by atoms with Crippen LogP contribution >= 0.6 is 0 Å². The number of carboxylic acids is 1. The van der Waals surface area contributed by atoms with Crippen LogP contribution in [0.4, 0.5) is 19.0 Å². The zero-order chi connectivity index (χ0) is 22.2. The van der Waals surface area contributed by atoms with Gasteiger partial charge < -0.3 is 15.7 Å². The van der Waals surface area contributed by atoms with E-state index in [4.69, 9.17) is 0 Å². The number of amides is 1. The third kappa shape index (κ3) is 3.98. The van der Waals surface area contributed by atoms with Crippen LogP contribution in [0, 0.1) is 0 Å². The number of benzene rings is 1. The number of carboxylic acid groups (broad SMARTS) is 1. The van der Waals surface area contributed by atoms with E-state index < -0.39 is 35.7 Å². The fraction of sp³-hybridized carbons (Fsp3) is 0.476. The van der Waals surface area contributed by atoms with Crippen molar-refractivity contribution in [3.05, 3.63) is 47.7 Å². The highest BCUT2D eigenvalue weighted by Crippen LogP contribution is 2.44. The molecular formula is C21H23F3N4O3. The third-order valence-electron chi connectivity index (χ3n) is 6.15. The summed E-state index contributed by atoms with van der Waals surface area (Å²) in [5.41, 5.74) is -0.855. The van der Waals surface area contributed by atoms with Crippen molar-refractivity contribution in [3.8, 4) is 0 Å². The number of nitrogens with one attached hydrogen (secondary N) is 2. The van der Waals surface area contributed by atoms with Gasteiger partial charge in [-0.3, -0.25) is 4.79 Å². The smallest absolute Gasteiger partial charge is 0.410 e. The van der Waals surface area contributed by atoms with Crippen molar-refractivity contribution in [2.45, 2.75) is 62.3 Å². The van der Waals surface area contributed by atoms with Gasteiger partial charge in [-0.25, -0.2) is 9.48 Å². The Hall–Kier alpha value is -3.04. The number of nitrogens with zero attached hydrogens (tertiary/aromatic N) is 2. The summed E-state index contributed by atoms with van der Waals surface area (Å²) in [4.78, 5) is 24.9. The summed E-state index contributed by atoms with van der Waals surface area (Å²) in [5.74, 6) is -1.94. The van der Waals surface area contributed by atoms with Crippen LogP contribution in [0.3, 0.4) is 0 Å². The predicted molar refractivity (Wildman–Crippen MR) is 106 cm³/mol. The van der Waals surface area contributed by atoms with Crippen LogP contribution < -0.4 is 10.6 Å². The van der Waals surface area contributed by atoms with Crippen molar-refractivity contribution >= 4 is 17.7 Å². The summed E-state index contributed by atoms with van der Waals surface area (Å²) in [6.07, 6.45) is -1.01. The maximum atomic E-state index is 13.8. The first-order chi connectivity index (χ1) is 14.7. The van der Waals surface area contributed by atoms with Gasteiger partial charge in [-0.05, 0) is 18.4 Å². The minimum absolute atomic E-state index is 0.0590. The molecule has 1 aliphatic heterocycles. The second-order valence-electron chi connectivity index (χ2n) is 8.15. The fourth-order valence-electron chi connectivity index (χ4n) is 4.47. The van der Waals surface area contributed by atoms with E-state index in [2.05, 4.69) is 15.7 Å². The number of fused-ring (bicyclic) bond motifs is 1. The Morgan fingerprint density at radius 1 is 1.16 bits per heavy atom. The topological polar surface area (TPSA) is 96.2 Å². The van der Waals surface area contributed by atoms with Crippen molar-refractivity contribution in [2.75, 3.05) is 5.32 Å². The third-order valence-corrected chi connectivity index (χ3v) is 6.15. The molecule has 3 N–H and O–H groups in total. The van der Waals surface area contributed by atoms with Gasteiger partial charge in [-0.2, -0.15) is 18.3 Å². The van der Waals surface area contributed by atoms with Crippen LogP contribution in [0.2, 0.25) is 0 Å². The van der Waals surface area contributed by atoms with Crippen LogP contribution in [0.25, 0.3) is 0 Å². The van der Waals surface area contributed by atoms with E-state index in [9.17, 15) is 27.9 Å². The maximum Gasteiger partial charge on any atom is 0.410 e. The van der Waals surface area contributed by atoms with Crippen LogP contribution in [-0.2, 0) is 4.79 Å². The van der Waals surface area contributed by atoms with Gasteiger partial charge in [0.2, 0.25) is 0 Å². The minimum atomic E-state index is -4.56. The Labute approximate surface area is 176 Å². The lowest BCUT2D eigenvalue weighted by Gasteiger charge is -2.35. The molecule has 31 heavy (non-hydrogen) atoms. The summed E-state index contributed by atoms with van der Waals surface area (Å²) < 4.78 is 42.2. The van der Waals surface area contributed by atoms with Gasteiger partial charge >= 0.3 is 12.1 Å². The predicted octanol–water partition coefficient (Wildman–Crippen LogP) is 4.06. The molecule has 2 atom stereocenters. The minimum Gasteiger partial charge on any atom is -0.480 e. The van der Waals surface area contributed by atoms with E-state index in [1.54, 1.807) is 30.3 Å².